The van der Waals surface area contributed by atoms with Gasteiger partial charge in [0, 0.05) is 37.4 Å². The molecule has 220 valence electrons. The number of amides is 3. The standard InChI is InChI=1S/C29H42ClN5O5/c1-28(2,3)40-27(38)33-17-25(36)35(13-6-14-39-24-12-7-20(16-31)15-23(24)30)19-29(4,5)18-34-26(37)21-8-10-22(32)11-9-21/h7-12,15H,6,13-14,16-19,31-32H2,1-5H3,(H,33,38)(H,34,37). The zero-order chi connectivity index (χ0) is 29.9. The van der Waals surface area contributed by atoms with Crippen LogP contribution in [-0.4, -0.2) is 61.2 Å². The summed E-state index contributed by atoms with van der Waals surface area (Å²) in [7, 11) is 0. The second-order valence-electron chi connectivity index (χ2n) is 11.3. The molecule has 0 atom stereocenters. The van der Waals surface area contributed by atoms with Gasteiger partial charge < -0.3 is 36.5 Å². The Hall–Kier alpha value is -3.50. The first-order valence-electron chi connectivity index (χ1n) is 13.2. The summed E-state index contributed by atoms with van der Waals surface area (Å²) < 4.78 is 11.1. The van der Waals surface area contributed by atoms with Crippen molar-refractivity contribution in [2.45, 2.75) is 53.2 Å². The highest BCUT2D eigenvalue weighted by molar-refractivity contribution is 6.32. The zero-order valence-electron chi connectivity index (χ0n) is 24.0. The molecule has 0 aliphatic rings. The van der Waals surface area contributed by atoms with Crippen molar-refractivity contribution in [3.63, 3.8) is 0 Å². The molecule has 40 heavy (non-hydrogen) atoms. The Morgan fingerprint density at radius 1 is 1.00 bits per heavy atom. The number of carbonyl (C=O) groups is 3. The molecule has 0 saturated carbocycles. The molecule has 0 bridgehead atoms. The van der Waals surface area contributed by atoms with Crippen LogP contribution in [0.4, 0.5) is 10.5 Å². The van der Waals surface area contributed by atoms with Crippen LogP contribution in [0.25, 0.3) is 0 Å². The molecular formula is C29H42ClN5O5. The average Bonchev–Trinajstić information content (AvgIpc) is 2.87. The third kappa shape index (κ3) is 11.7. The van der Waals surface area contributed by atoms with E-state index in [0.29, 0.717) is 61.2 Å². The van der Waals surface area contributed by atoms with E-state index in [2.05, 4.69) is 10.6 Å². The van der Waals surface area contributed by atoms with E-state index in [1.54, 1.807) is 62.1 Å². The van der Waals surface area contributed by atoms with E-state index < -0.39 is 17.1 Å². The minimum Gasteiger partial charge on any atom is -0.492 e. The van der Waals surface area contributed by atoms with Crippen LogP contribution < -0.4 is 26.8 Å². The largest absolute Gasteiger partial charge is 0.492 e. The van der Waals surface area contributed by atoms with E-state index in [0.717, 1.165) is 5.56 Å². The topological polar surface area (TPSA) is 149 Å². The van der Waals surface area contributed by atoms with E-state index in [-0.39, 0.29) is 18.4 Å². The van der Waals surface area contributed by atoms with Crippen LogP contribution in [0, 0.1) is 5.41 Å². The molecule has 0 aliphatic carbocycles. The summed E-state index contributed by atoms with van der Waals surface area (Å²) in [5, 5.41) is 5.92. The number of anilines is 1. The lowest BCUT2D eigenvalue weighted by Crippen LogP contribution is -2.48. The van der Waals surface area contributed by atoms with Crippen molar-refractivity contribution in [2.75, 3.05) is 38.5 Å². The highest BCUT2D eigenvalue weighted by Crippen LogP contribution is 2.25. The average molecular weight is 576 g/mol. The second-order valence-corrected chi connectivity index (χ2v) is 11.7. The number of halogens is 1. The SMILES string of the molecule is CC(C)(CNC(=O)c1ccc(N)cc1)CN(CCCOc1ccc(CN)cc1Cl)C(=O)CNC(=O)OC(C)(C)C. The molecule has 0 aliphatic heterocycles. The molecular weight excluding hydrogens is 534 g/mol. The number of benzene rings is 2. The van der Waals surface area contributed by atoms with Crippen LogP contribution in [0.5, 0.6) is 5.75 Å². The van der Waals surface area contributed by atoms with Gasteiger partial charge in [0.1, 0.15) is 17.9 Å². The lowest BCUT2D eigenvalue weighted by Gasteiger charge is -2.33. The molecule has 0 aromatic heterocycles. The number of hydrogen-bond donors (Lipinski definition) is 4. The van der Waals surface area contributed by atoms with Crippen molar-refractivity contribution < 1.29 is 23.9 Å². The van der Waals surface area contributed by atoms with Crippen LogP contribution >= 0.6 is 11.6 Å². The fourth-order valence-corrected chi connectivity index (χ4v) is 3.98. The second kappa shape index (κ2) is 14.8. The highest BCUT2D eigenvalue weighted by Gasteiger charge is 2.26. The van der Waals surface area contributed by atoms with Gasteiger partial charge in [-0.05, 0) is 74.6 Å². The Kier molecular flexibility index (Phi) is 12.1. The number of nitrogen functional groups attached to an aromatic ring is 1. The number of hydrogen-bond acceptors (Lipinski definition) is 7. The van der Waals surface area contributed by atoms with Crippen LogP contribution in [-0.2, 0) is 16.1 Å². The third-order valence-corrected chi connectivity index (χ3v) is 6.01. The Bertz CT molecular complexity index is 1150. The molecule has 2 aromatic carbocycles. The Labute approximate surface area is 241 Å². The van der Waals surface area contributed by atoms with Crippen LogP contribution in [0.3, 0.4) is 0 Å². The van der Waals surface area contributed by atoms with Gasteiger partial charge in [-0.25, -0.2) is 4.79 Å². The Morgan fingerprint density at radius 3 is 2.27 bits per heavy atom. The summed E-state index contributed by atoms with van der Waals surface area (Å²) in [4.78, 5) is 39.5. The third-order valence-electron chi connectivity index (χ3n) is 5.72. The quantitative estimate of drug-likeness (QED) is 0.208. The molecule has 11 heteroatoms. The summed E-state index contributed by atoms with van der Waals surface area (Å²) in [6, 6.07) is 12.0. The lowest BCUT2D eigenvalue weighted by atomic mass is 9.92. The fourth-order valence-electron chi connectivity index (χ4n) is 3.72. The van der Waals surface area contributed by atoms with Gasteiger partial charge in [0.05, 0.1) is 11.6 Å². The van der Waals surface area contributed by atoms with Gasteiger partial charge in [-0.2, -0.15) is 0 Å². The van der Waals surface area contributed by atoms with Crippen molar-refractivity contribution >= 4 is 35.2 Å². The molecule has 0 fully saturated rings. The van der Waals surface area contributed by atoms with Crippen molar-refractivity contribution in [3.8, 4) is 5.75 Å². The Morgan fingerprint density at radius 2 is 1.68 bits per heavy atom. The van der Waals surface area contributed by atoms with E-state index in [9.17, 15) is 14.4 Å². The van der Waals surface area contributed by atoms with Crippen molar-refractivity contribution in [1.82, 2.24) is 15.5 Å². The van der Waals surface area contributed by atoms with Crippen molar-refractivity contribution in [2.24, 2.45) is 11.1 Å². The fraction of sp³-hybridized carbons (Fsp3) is 0.483. The van der Waals surface area contributed by atoms with E-state index >= 15 is 0 Å². The highest BCUT2D eigenvalue weighted by atomic mass is 35.5. The van der Waals surface area contributed by atoms with Crippen molar-refractivity contribution in [1.29, 1.82) is 0 Å². The number of nitrogens with two attached hydrogens (primary N) is 2. The monoisotopic (exact) mass is 575 g/mol. The molecule has 0 heterocycles. The predicted molar refractivity (Wildman–Crippen MR) is 157 cm³/mol. The summed E-state index contributed by atoms with van der Waals surface area (Å²) >= 11 is 6.28. The van der Waals surface area contributed by atoms with Crippen LogP contribution in [0.2, 0.25) is 5.02 Å². The number of rotatable bonds is 13. The van der Waals surface area contributed by atoms with Gasteiger partial charge in [-0.15, -0.1) is 0 Å². The normalized spacial score (nSPS) is 11.5. The summed E-state index contributed by atoms with van der Waals surface area (Å²) in [5.41, 5.74) is 12.2. The minimum atomic E-state index is -0.682. The lowest BCUT2D eigenvalue weighted by molar-refractivity contribution is -0.131. The number of ether oxygens (including phenoxy) is 2. The summed E-state index contributed by atoms with van der Waals surface area (Å²) in [6.45, 7) is 10.6. The zero-order valence-corrected chi connectivity index (χ0v) is 24.8. The number of nitrogens with one attached hydrogen (secondary N) is 2. The first-order valence-corrected chi connectivity index (χ1v) is 13.6. The molecule has 0 spiro atoms. The maximum Gasteiger partial charge on any atom is 0.408 e. The van der Waals surface area contributed by atoms with Gasteiger partial charge in [0.15, 0.2) is 0 Å². The molecule has 2 aromatic rings. The molecule has 0 radical (unpaired) electrons. The predicted octanol–water partition coefficient (Wildman–Crippen LogP) is 3.96. The number of nitrogens with zero attached hydrogens (tertiary/aromatic N) is 1. The van der Waals surface area contributed by atoms with Gasteiger partial charge in [-0.1, -0.05) is 31.5 Å². The number of carbonyl (C=O) groups excluding carboxylic acids is 3. The van der Waals surface area contributed by atoms with Crippen LogP contribution in [0.15, 0.2) is 42.5 Å². The van der Waals surface area contributed by atoms with Crippen LogP contribution in [0.1, 0.15) is 57.0 Å². The van der Waals surface area contributed by atoms with Gasteiger partial charge in [0.2, 0.25) is 5.91 Å². The molecule has 6 N–H and O–H groups in total. The molecule has 0 unspecified atom stereocenters. The van der Waals surface area contributed by atoms with E-state index in [1.807, 2.05) is 19.9 Å². The van der Waals surface area contributed by atoms with E-state index in [1.165, 1.54) is 0 Å². The van der Waals surface area contributed by atoms with Crippen molar-refractivity contribution in [3.05, 3.63) is 58.6 Å². The summed E-state index contributed by atoms with van der Waals surface area (Å²) in [5.74, 6) is 0.0200. The van der Waals surface area contributed by atoms with Gasteiger partial charge >= 0.3 is 6.09 Å². The number of alkyl carbamates (subject to hydrolysis) is 1. The minimum absolute atomic E-state index is 0.226. The smallest absolute Gasteiger partial charge is 0.408 e. The maximum atomic E-state index is 13.2. The molecule has 0 saturated heterocycles. The molecule has 2 rings (SSSR count). The molecule has 10 nitrogen and oxygen atoms in total. The first kappa shape index (κ1) is 32.7. The first-order chi connectivity index (χ1) is 18.7. The van der Waals surface area contributed by atoms with Gasteiger partial charge in [-0.3, -0.25) is 9.59 Å². The maximum absolute atomic E-state index is 13.2. The molecule has 3 amide bonds. The van der Waals surface area contributed by atoms with E-state index in [4.69, 9.17) is 32.5 Å². The summed E-state index contributed by atoms with van der Waals surface area (Å²) in [6.07, 6.45) is -0.157. The Balaban J connectivity index is 2.00. The van der Waals surface area contributed by atoms with Gasteiger partial charge in [0.25, 0.3) is 5.91 Å².